The summed E-state index contributed by atoms with van der Waals surface area (Å²) in [5.41, 5.74) is -0.135. The highest BCUT2D eigenvalue weighted by Crippen LogP contribution is 2.22. The Morgan fingerprint density at radius 2 is 1.93 bits per heavy atom. The van der Waals surface area contributed by atoms with Crippen molar-refractivity contribution in [3.8, 4) is 0 Å². The Bertz CT molecular complexity index is 679. The van der Waals surface area contributed by atoms with Crippen LogP contribution in [0.25, 0.3) is 0 Å². The third-order valence-electron chi connectivity index (χ3n) is 3.72. The lowest BCUT2D eigenvalue weighted by atomic mass is 10.0. The first-order valence-corrected chi connectivity index (χ1v) is 9.15. The Morgan fingerprint density at radius 1 is 1.26 bits per heavy atom. The van der Waals surface area contributed by atoms with Crippen LogP contribution in [0.4, 0.5) is 5.69 Å². The summed E-state index contributed by atoms with van der Waals surface area (Å²) >= 11 is 5.98. The predicted octanol–water partition coefficient (Wildman–Crippen LogP) is 2.93. The molecule has 1 rings (SSSR count). The van der Waals surface area contributed by atoms with E-state index in [9.17, 15) is 19.7 Å². The molecule has 2 N–H and O–H groups in total. The van der Waals surface area contributed by atoms with Crippen molar-refractivity contribution in [2.75, 3.05) is 13.2 Å². The van der Waals surface area contributed by atoms with Crippen molar-refractivity contribution < 1.29 is 19.2 Å². The molecule has 1 unspecified atom stereocenters. The molecule has 1 aromatic rings. The Labute approximate surface area is 163 Å². The Kier molecular flexibility index (Phi) is 9.17. The van der Waals surface area contributed by atoms with Gasteiger partial charge in [0.15, 0.2) is 0 Å². The Balaban J connectivity index is 2.69. The van der Waals surface area contributed by atoms with E-state index in [1.807, 2.05) is 27.7 Å². The first-order valence-electron chi connectivity index (χ1n) is 8.77. The quantitative estimate of drug-likeness (QED) is 0.357. The molecule has 150 valence electrons. The number of amides is 2. The van der Waals surface area contributed by atoms with Gasteiger partial charge in [0.25, 0.3) is 11.6 Å². The van der Waals surface area contributed by atoms with Gasteiger partial charge >= 0.3 is 0 Å². The largest absolute Gasteiger partial charge is 0.379 e. The van der Waals surface area contributed by atoms with Crippen molar-refractivity contribution in [1.82, 2.24) is 10.6 Å². The van der Waals surface area contributed by atoms with E-state index in [0.29, 0.717) is 19.6 Å². The number of ether oxygens (including phenoxy) is 1. The Hall–Kier alpha value is -2.19. The number of halogens is 1. The zero-order valence-electron chi connectivity index (χ0n) is 16.0. The van der Waals surface area contributed by atoms with Crippen LogP contribution < -0.4 is 10.6 Å². The Morgan fingerprint density at radius 3 is 2.44 bits per heavy atom. The fraction of sp³-hybridized carbons (Fsp3) is 0.556. The van der Waals surface area contributed by atoms with E-state index in [2.05, 4.69) is 10.6 Å². The molecule has 0 aliphatic rings. The number of nitrogens with one attached hydrogen (secondary N) is 2. The van der Waals surface area contributed by atoms with Gasteiger partial charge in [0.05, 0.1) is 21.6 Å². The van der Waals surface area contributed by atoms with Crippen molar-refractivity contribution in [1.29, 1.82) is 0 Å². The van der Waals surface area contributed by atoms with E-state index in [1.54, 1.807) is 0 Å². The van der Waals surface area contributed by atoms with Crippen molar-refractivity contribution in [3.05, 3.63) is 38.9 Å². The highest BCUT2D eigenvalue weighted by atomic mass is 35.5. The first kappa shape index (κ1) is 22.9. The molecule has 0 aromatic heterocycles. The van der Waals surface area contributed by atoms with E-state index in [0.717, 1.165) is 6.07 Å². The summed E-state index contributed by atoms with van der Waals surface area (Å²) in [7, 11) is 0. The van der Waals surface area contributed by atoms with Gasteiger partial charge in [-0.2, -0.15) is 0 Å². The highest BCUT2D eigenvalue weighted by Gasteiger charge is 2.25. The van der Waals surface area contributed by atoms with Gasteiger partial charge in [0, 0.05) is 25.3 Å². The van der Waals surface area contributed by atoms with Crippen LogP contribution in [-0.2, 0) is 9.53 Å². The van der Waals surface area contributed by atoms with Crippen LogP contribution in [0.2, 0.25) is 5.02 Å². The summed E-state index contributed by atoms with van der Waals surface area (Å²) < 4.78 is 5.41. The molecule has 1 atom stereocenters. The van der Waals surface area contributed by atoms with E-state index < -0.39 is 16.9 Å². The minimum Gasteiger partial charge on any atom is -0.379 e. The number of benzene rings is 1. The molecule has 8 nitrogen and oxygen atoms in total. The van der Waals surface area contributed by atoms with Crippen molar-refractivity contribution >= 4 is 29.1 Å². The number of nitro benzene ring substituents is 1. The van der Waals surface area contributed by atoms with Gasteiger partial charge in [-0.15, -0.1) is 0 Å². The van der Waals surface area contributed by atoms with Crippen molar-refractivity contribution in [2.45, 2.75) is 46.3 Å². The molecule has 0 heterocycles. The highest BCUT2D eigenvalue weighted by molar-refractivity contribution is 6.34. The van der Waals surface area contributed by atoms with Gasteiger partial charge in [-0.3, -0.25) is 19.7 Å². The molecular weight excluding hydrogens is 374 g/mol. The molecule has 0 aliphatic heterocycles. The third kappa shape index (κ3) is 7.52. The smallest absolute Gasteiger partial charge is 0.270 e. The fourth-order valence-corrected chi connectivity index (χ4v) is 2.53. The van der Waals surface area contributed by atoms with E-state index >= 15 is 0 Å². The summed E-state index contributed by atoms with van der Waals surface area (Å²) in [6.07, 6.45) is 0.798. The number of hydrogen-bond donors (Lipinski definition) is 2. The first-order chi connectivity index (χ1) is 12.6. The maximum Gasteiger partial charge on any atom is 0.270 e. The lowest BCUT2D eigenvalue weighted by molar-refractivity contribution is -0.384. The molecule has 2 amide bonds. The molecule has 9 heteroatoms. The predicted molar refractivity (Wildman–Crippen MR) is 103 cm³/mol. The van der Waals surface area contributed by atoms with Crippen LogP contribution in [0.3, 0.4) is 0 Å². The number of carbonyl (C=O) groups excluding carboxylic acids is 2. The van der Waals surface area contributed by atoms with Crippen LogP contribution in [0.1, 0.15) is 44.5 Å². The maximum absolute atomic E-state index is 12.5. The average molecular weight is 400 g/mol. The maximum atomic E-state index is 12.5. The van der Waals surface area contributed by atoms with Crippen LogP contribution >= 0.6 is 11.6 Å². The van der Waals surface area contributed by atoms with Gasteiger partial charge in [-0.25, -0.2) is 0 Å². The van der Waals surface area contributed by atoms with Crippen LogP contribution in [0, 0.1) is 16.0 Å². The van der Waals surface area contributed by atoms with Crippen LogP contribution in [0.5, 0.6) is 0 Å². The molecule has 1 aromatic carbocycles. The number of hydrogen-bond acceptors (Lipinski definition) is 5. The van der Waals surface area contributed by atoms with Crippen molar-refractivity contribution in [2.24, 2.45) is 5.92 Å². The lowest BCUT2D eigenvalue weighted by Crippen LogP contribution is -2.50. The number of non-ortho nitro benzene ring substituents is 1. The van der Waals surface area contributed by atoms with Crippen LogP contribution in [-0.4, -0.2) is 42.0 Å². The van der Waals surface area contributed by atoms with Gasteiger partial charge in [0.2, 0.25) is 5.91 Å². The normalized spacial score (nSPS) is 12.1. The fourth-order valence-electron chi connectivity index (χ4n) is 2.27. The molecule has 27 heavy (non-hydrogen) atoms. The van der Waals surface area contributed by atoms with Gasteiger partial charge in [0.1, 0.15) is 6.04 Å². The van der Waals surface area contributed by atoms with Crippen molar-refractivity contribution in [3.63, 3.8) is 0 Å². The second kappa shape index (κ2) is 10.8. The second-order valence-electron chi connectivity index (χ2n) is 6.68. The molecule has 0 saturated carbocycles. The molecule has 0 spiro atoms. The van der Waals surface area contributed by atoms with E-state index in [4.69, 9.17) is 16.3 Å². The summed E-state index contributed by atoms with van der Waals surface area (Å²) in [6, 6.07) is 2.82. The summed E-state index contributed by atoms with van der Waals surface area (Å²) in [5.74, 6) is -1.02. The van der Waals surface area contributed by atoms with Gasteiger partial charge in [-0.1, -0.05) is 25.4 Å². The molecule has 0 fully saturated rings. The van der Waals surface area contributed by atoms with Gasteiger partial charge < -0.3 is 15.4 Å². The van der Waals surface area contributed by atoms with E-state index in [-0.39, 0.29) is 34.2 Å². The zero-order valence-corrected chi connectivity index (χ0v) is 16.7. The minimum absolute atomic E-state index is 0.0459. The standard InChI is InChI=1S/C18H26ClN3O5/c1-11(2)16(18(24)20-8-5-9-27-12(3)4)21-17(23)14-7-6-13(22(25)26)10-15(14)19/h6-7,10-12,16H,5,8-9H2,1-4H3,(H,20,24)(H,21,23). The second-order valence-corrected chi connectivity index (χ2v) is 7.09. The summed E-state index contributed by atoms with van der Waals surface area (Å²) in [5, 5.41) is 16.1. The SMILES string of the molecule is CC(C)OCCCNC(=O)C(NC(=O)c1ccc([N+](=O)[O-])cc1Cl)C(C)C. The monoisotopic (exact) mass is 399 g/mol. The topological polar surface area (TPSA) is 111 Å². The lowest BCUT2D eigenvalue weighted by Gasteiger charge is -2.22. The minimum atomic E-state index is -0.755. The average Bonchev–Trinajstić information content (AvgIpc) is 2.58. The number of carbonyl (C=O) groups is 2. The third-order valence-corrected chi connectivity index (χ3v) is 4.03. The zero-order chi connectivity index (χ0) is 20.6. The van der Waals surface area contributed by atoms with Crippen LogP contribution in [0.15, 0.2) is 18.2 Å². The number of nitro groups is 1. The molecular formula is C18H26ClN3O5. The molecule has 0 bridgehead atoms. The summed E-state index contributed by atoms with van der Waals surface area (Å²) in [4.78, 5) is 35.0. The summed E-state index contributed by atoms with van der Waals surface area (Å²) in [6.45, 7) is 8.46. The number of rotatable bonds is 10. The molecule has 0 saturated heterocycles. The molecule has 0 aliphatic carbocycles. The van der Waals surface area contributed by atoms with E-state index in [1.165, 1.54) is 12.1 Å². The van der Waals surface area contributed by atoms with Gasteiger partial charge in [-0.05, 0) is 32.3 Å². The number of nitrogens with zero attached hydrogens (tertiary/aromatic N) is 1. The molecule has 0 radical (unpaired) electrons.